The molecule has 1 amide bonds. The topological polar surface area (TPSA) is 122 Å². The van der Waals surface area contributed by atoms with Crippen LogP contribution in [0.1, 0.15) is 29.7 Å². The molecule has 38 heavy (non-hydrogen) atoms. The molecule has 1 spiro atoms. The third-order valence-electron chi connectivity index (χ3n) is 7.54. The highest BCUT2D eigenvalue weighted by Gasteiger charge is 2.48. The summed E-state index contributed by atoms with van der Waals surface area (Å²) in [6, 6.07) is 7.59. The molecule has 9 nitrogen and oxygen atoms in total. The van der Waals surface area contributed by atoms with Crippen LogP contribution >= 0.6 is 11.3 Å². The van der Waals surface area contributed by atoms with Crippen molar-refractivity contribution in [3.05, 3.63) is 51.5 Å². The van der Waals surface area contributed by atoms with Crippen LogP contribution in [0.2, 0.25) is 0 Å². The molecular weight excluding hydrogens is 519 g/mol. The molecule has 0 radical (unpaired) electrons. The molecule has 4 aromatic rings. The number of carbonyl (C=O) groups is 1. The molecule has 2 fully saturated rings. The van der Waals surface area contributed by atoms with Gasteiger partial charge in [-0.25, -0.2) is 14.8 Å². The van der Waals surface area contributed by atoms with Gasteiger partial charge >= 0.3 is 11.9 Å². The lowest BCUT2D eigenvalue weighted by Crippen LogP contribution is -2.56. The van der Waals surface area contributed by atoms with E-state index in [0.29, 0.717) is 39.7 Å². The number of halogens is 3. The summed E-state index contributed by atoms with van der Waals surface area (Å²) in [7, 11) is 0. The van der Waals surface area contributed by atoms with Crippen LogP contribution in [0.4, 0.5) is 19.0 Å². The summed E-state index contributed by atoms with van der Waals surface area (Å²) in [6.07, 6.45) is -0.653. The predicted molar refractivity (Wildman–Crippen MR) is 138 cm³/mol. The number of nitrogens with two attached hydrogens (primary N) is 1. The second-order valence-electron chi connectivity index (χ2n) is 10.4. The van der Waals surface area contributed by atoms with Gasteiger partial charge in [0, 0.05) is 36.0 Å². The molecule has 1 aliphatic carbocycles. The summed E-state index contributed by atoms with van der Waals surface area (Å²) in [6.45, 7) is 2.12. The second-order valence-corrected chi connectivity index (χ2v) is 11.5. The maximum absolute atomic E-state index is 12.9. The third kappa shape index (κ3) is 4.75. The minimum Gasteiger partial charge on any atom is -0.368 e. The number of amides is 1. The van der Waals surface area contributed by atoms with Crippen molar-refractivity contribution in [3.8, 4) is 0 Å². The second kappa shape index (κ2) is 9.09. The van der Waals surface area contributed by atoms with Gasteiger partial charge in [0.1, 0.15) is 23.5 Å². The Bertz CT molecular complexity index is 1590. The zero-order chi connectivity index (χ0) is 26.7. The van der Waals surface area contributed by atoms with Gasteiger partial charge in [-0.3, -0.25) is 9.36 Å². The highest BCUT2D eigenvalue weighted by molar-refractivity contribution is 7.18. The summed E-state index contributed by atoms with van der Waals surface area (Å²) in [4.78, 5) is 37.8. The third-order valence-corrected chi connectivity index (χ3v) is 8.58. The van der Waals surface area contributed by atoms with Crippen molar-refractivity contribution in [1.82, 2.24) is 24.8 Å². The first-order chi connectivity index (χ1) is 18.1. The smallest absolute Gasteiger partial charge is 0.368 e. The number of thiophene rings is 1. The van der Waals surface area contributed by atoms with E-state index in [9.17, 15) is 22.8 Å². The number of benzene rings is 1. The Morgan fingerprint density at radius 2 is 2.08 bits per heavy atom. The highest BCUT2D eigenvalue weighted by Crippen LogP contribution is 2.48. The fourth-order valence-electron chi connectivity index (χ4n) is 5.91. The van der Waals surface area contributed by atoms with Gasteiger partial charge in [0.2, 0.25) is 5.91 Å². The molecule has 2 aliphatic rings. The van der Waals surface area contributed by atoms with Crippen LogP contribution in [-0.4, -0.2) is 50.7 Å². The number of H-pyrrole nitrogens is 1. The molecule has 13 heteroatoms. The molecule has 4 N–H and O–H groups in total. The summed E-state index contributed by atoms with van der Waals surface area (Å²) >= 11 is 1.07. The minimum atomic E-state index is -4.25. The Hall–Kier alpha value is -3.45. The van der Waals surface area contributed by atoms with E-state index in [0.717, 1.165) is 49.3 Å². The number of aromatic amines is 1. The van der Waals surface area contributed by atoms with Gasteiger partial charge < -0.3 is 20.9 Å². The molecule has 1 saturated heterocycles. The summed E-state index contributed by atoms with van der Waals surface area (Å²) in [5, 5.41) is 4.32. The predicted octanol–water partition coefficient (Wildman–Crippen LogP) is 3.07. The van der Waals surface area contributed by atoms with E-state index in [4.69, 9.17) is 5.73 Å². The zero-order valence-electron chi connectivity index (χ0n) is 20.3. The number of imidazole rings is 1. The van der Waals surface area contributed by atoms with Crippen LogP contribution in [0.15, 0.2) is 35.4 Å². The lowest BCUT2D eigenvalue weighted by atomic mass is 9.78. The van der Waals surface area contributed by atoms with Gasteiger partial charge in [0.05, 0.1) is 22.8 Å². The maximum atomic E-state index is 12.9. The van der Waals surface area contributed by atoms with Crippen molar-refractivity contribution in [1.29, 1.82) is 0 Å². The van der Waals surface area contributed by atoms with Crippen LogP contribution in [0.25, 0.3) is 21.3 Å². The minimum absolute atomic E-state index is 0.167. The van der Waals surface area contributed by atoms with Gasteiger partial charge in [-0.15, -0.1) is 11.3 Å². The molecule has 4 heterocycles. The number of rotatable bonds is 7. The van der Waals surface area contributed by atoms with Crippen molar-refractivity contribution in [3.63, 3.8) is 0 Å². The van der Waals surface area contributed by atoms with Crippen LogP contribution in [0.5, 0.6) is 0 Å². The number of hydrogen-bond donors (Lipinski definition) is 3. The number of carbonyl (C=O) groups excluding carboxylic acids is 1. The number of nitrogens with zero attached hydrogens (tertiary/aromatic N) is 4. The molecule has 1 aliphatic heterocycles. The van der Waals surface area contributed by atoms with Crippen LogP contribution in [-0.2, 0) is 24.3 Å². The first kappa shape index (κ1) is 24.9. The number of hydrogen-bond acceptors (Lipinski definition) is 7. The number of alkyl halides is 3. The number of fused-ring (bicyclic) bond motifs is 2. The van der Waals surface area contributed by atoms with E-state index in [-0.39, 0.29) is 22.5 Å². The monoisotopic (exact) mass is 545 g/mol. The Morgan fingerprint density at radius 3 is 2.84 bits per heavy atom. The van der Waals surface area contributed by atoms with Crippen LogP contribution in [0.3, 0.4) is 0 Å². The molecular formula is C25H26F3N7O2S. The normalized spacial score (nSPS) is 19.0. The highest BCUT2D eigenvalue weighted by atomic mass is 32.1. The fraction of sp³-hybridized carbons (Fsp3) is 0.440. The first-order valence-corrected chi connectivity index (χ1v) is 13.2. The summed E-state index contributed by atoms with van der Waals surface area (Å²) in [5.74, 6) is 0.140. The van der Waals surface area contributed by atoms with Gasteiger partial charge in [0.25, 0.3) is 0 Å². The average Bonchev–Trinajstić information content (AvgIpc) is 3.50. The van der Waals surface area contributed by atoms with Gasteiger partial charge in [-0.1, -0.05) is 6.07 Å². The quantitative estimate of drug-likeness (QED) is 0.328. The van der Waals surface area contributed by atoms with Crippen molar-refractivity contribution in [2.75, 3.05) is 18.0 Å². The van der Waals surface area contributed by atoms with E-state index < -0.39 is 18.5 Å². The van der Waals surface area contributed by atoms with Gasteiger partial charge in [-0.2, -0.15) is 13.2 Å². The molecule has 1 aromatic carbocycles. The average molecular weight is 546 g/mol. The number of anilines is 1. The van der Waals surface area contributed by atoms with E-state index in [1.807, 2.05) is 18.2 Å². The number of aromatic nitrogens is 4. The standard InChI is InChI=1S/C25H26F3N7O2S/c26-25(27,28)8-16-6-17-21(31-13-32-22(17)38-16)34-11-24(12-34)4-3-15(7-24)30-9-14-1-2-19-18(5-14)33-23(37)35(19)10-20(29)36/h1-2,5-6,13,15,30H,3-4,7-12H2,(H2,29,36)(H,33,37). The van der Waals surface area contributed by atoms with E-state index >= 15 is 0 Å². The summed E-state index contributed by atoms with van der Waals surface area (Å²) in [5.41, 5.74) is 7.38. The molecule has 1 atom stereocenters. The van der Waals surface area contributed by atoms with Crippen LogP contribution < -0.4 is 21.6 Å². The number of primary amides is 1. The molecule has 3 aromatic heterocycles. The van der Waals surface area contributed by atoms with Crippen molar-refractivity contribution >= 4 is 44.3 Å². The lowest BCUT2D eigenvalue weighted by Gasteiger charge is -2.49. The molecule has 0 bridgehead atoms. The Kier molecular flexibility index (Phi) is 5.94. The Labute approximate surface area is 218 Å². The summed E-state index contributed by atoms with van der Waals surface area (Å²) < 4.78 is 39.9. The zero-order valence-corrected chi connectivity index (χ0v) is 21.2. The van der Waals surface area contributed by atoms with Crippen LogP contribution in [0, 0.1) is 5.41 Å². The van der Waals surface area contributed by atoms with E-state index in [1.54, 1.807) is 6.07 Å². The molecule has 6 rings (SSSR count). The Morgan fingerprint density at radius 1 is 1.26 bits per heavy atom. The van der Waals surface area contributed by atoms with Crippen molar-refractivity contribution in [2.45, 2.75) is 51.0 Å². The number of nitrogens with one attached hydrogen (secondary N) is 2. The maximum Gasteiger partial charge on any atom is 0.393 e. The van der Waals surface area contributed by atoms with E-state index in [1.165, 1.54) is 10.9 Å². The van der Waals surface area contributed by atoms with E-state index in [2.05, 4.69) is 25.2 Å². The molecule has 200 valence electrons. The Balaban J connectivity index is 1.08. The molecule has 1 saturated carbocycles. The molecule has 1 unspecified atom stereocenters. The van der Waals surface area contributed by atoms with Gasteiger partial charge in [0.15, 0.2) is 0 Å². The van der Waals surface area contributed by atoms with Gasteiger partial charge in [-0.05, 0) is 43.0 Å². The SMILES string of the molecule is NC(=O)Cn1c(=O)[nH]c2cc(CNC3CCC4(C3)CN(c3ncnc5sc(CC(F)(F)F)cc35)C4)ccc21. The largest absolute Gasteiger partial charge is 0.393 e. The van der Waals surface area contributed by atoms with Crippen molar-refractivity contribution < 1.29 is 18.0 Å². The first-order valence-electron chi connectivity index (χ1n) is 12.4. The lowest BCUT2D eigenvalue weighted by molar-refractivity contribution is -0.126. The fourth-order valence-corrected chi connectivity index (χ4v) is 6.93. The van der Waals surface area contributed by atoms with Crippen molar-refractivity contribution in [2.24, 2.45) is 11.1 Å².